The molecule has 3 heteroatoms. The van der Waals surface area contributed by atoms with Crippen LogP contribution in [0.1, 0.15) is 44.2 Å². The van der Waals surface area contributed by atoms with Crippen LogP contribution in [0.25, 0.3) is 0 Å². The topological polar surface area (TPSA) is 34.4 Å². The van der Waals surface area contributed by atoms with Crippen molar-refractivity contribution in [2.24, 2.45) is 0 Å². The Morgan fingerprint density at radius 1 is 1.44 bits per heavy atom. The third-order valence-electron chi connectivity index (χ3n) is 3.51. The molecule has 1 fully saturated rings. The van der Waals surface area contributed by atoms with E-state index in [4.69, 9.17) is 9.15 Å². The molecule has 0 amide bonds. The Hall–Kier alpha value is -0.800. The van der Waals surface area contributed by atoms with Gasteiger partial charge in [0.15, 0.2) is 0 Å². The monoisotopic (exact) mass is 223 g/mol. The fourth-order valence-electron chi connectivity index (χ4n) is 2.51. The smallest absolute Gasteiger partial charge is 0.0950 e. The van der Waals surface area contributed by atoms with Crippen LogP contribution in [0.3, 0.4) is 0 Å². The van der Waals surface area contributed by atoms with Crippen molar-refractivity contribution in [2.45, 2.75) is 50.8 Å². The van der Waals surface area contributed by atoms with Crippen LogP contribution < -0.4 is 5.32 Å². The minimum Gasteiger partial charge on any atom is -0.472 e. The lowest BCUT2D eigenvalue weighted by atomic mass is 9.91. The number of nitrogens with one attached hydrogen (secondary N) is 1. The molecule has 1 aliphatic carbocycles. The van der Waals surface area contributed by atoms with Crippen LogP contribution in [0.2, 0.25) is 0 Å². The molecule has 0 spiro atoms. The van der Waals surface area contributed by atoms with E-state index >= 15 is 0 Å². The summed E-state index contributed by atoms with van der Waals surface area (Å²) in [5.74, 6) is 0. The maximum absolute atomic E-state index is 5.54. The van der Waals surface area contributed by atoms with Gasteiger partial charge in [-0.3, -0.25) is 0 Å². The Morgan fingerprint density at radius 3 is 2.94 bits per heavy atom. The molecule has 2 rings (SSSR count). The lowest BCUT2D eigenvalue weighted by Crippen LogP contribution is -2.44. The molecule has 1 aromatic rings. The standard InChI is InChI=1S/C13H21NO2/c1-10(11-7-8-16-9-11)14-12-5-3-4-6-13(12)15-2/h7-10,12-14H,3-6H2,1-2H3. The largest absolute Gasteiger partial charge is 0.472 e. The molecule has 3 unspecified atom stereocenters. The van der Waals surface area contributed by atoms with Crippen LogP contribution in [0.4, 0.5) is 0 Å². The maximum atomic E-state index is 5.54. The Morgan fingerprint density at radius 2 is 2.25 bits per heavy atom. The van der Waals surface area contributed by atoms with E-state index in [0.717, 1.165) is 0 Å². The van der Waals surface area contributed by atoms with Gasteiger partial charge >= 0.3 is 0 Å². The highest BCUT2D eigenvalue weighted by atomic mass is 16.5. The van der Waals surface area contributed by atoms with Crippen molar-refractivity contribution in [1.82, 2.24) is 5.32 Å². The SMILES string of the molecule is COC1CCCCC1NC(C)c1ccoc1. The molecule has 1 heterocycles. The Labute approximate surface area is 97.2 Å². The number of hydrogen-bond acceptors (Lipinski definition) is 3. The number of ether oxygens (including phenoxy) is 1. The normalized spacial score (nSPS) is 27.9. The van der Waals surface area contributed by atoms with Crippen LogP contribution >= 0.6 is 0 Å². The van der Waals surface area contributed by atoms with E-state index in [2.05, 4.69) is 12.2 Å². The lowest BCUT2D eigenvalue weighted by Gasteiger charge is -2.33. The second-order valence-electron chi connectivity index (χ2n) is 4.61. The summed E-state index contributed by atoms with van der Waals surface area (Å²) in [6.07, 6.45) is 8.87. The van der Waals surface area contributed by atoms with E-state index < -0.39 is 0 Å². The fourth-order valence-corrected chi connectivity index (χ4v) is 2.51. The van der Waals surface area contributed by atoms with E-state index in [1.165, 1.54) is 31.2 Å². The summed E-state index contributed by atoms with van der Waals surface area (Å²) < 4.78 is 10.6. The fraction of sp³-hybridized carbons (Fsp3) is 0.692. The van der Waals surface area contributed by atoms with Gasteiger partial charge in [0, 0.05) is 24.8 Å². The molecular formula is C13H21NO2. The maximum Gasteiger partial charge on any atom is 0.0950 e. The molecule has 3 nitrogen and oxygen atoms in total. The van der Waals surface area contributed by atoms with Crippen LogP contribution in [-0.4, -0.2) is 19.3 Å². The molecule has 0 saturated heterocycles. The van der Waals surface area contributed by atoms with Crippen LogP contribution in [0, 0.1) is 0 Å². The van der Waals surface area contributed by atoms with Gasteiger partial charge in [-0.25, -0.2) is 0 Å². The summed E-state index contributed by atoms with van der Waals surface area (Å²) in [5.41, 5.74) is 1.21. The van der Waals surface area contributed by atoms with Gasteiger partial charge in [-0.05, 0) is 25.8 Å². The Balaban J connectivity index is 1.92. The second kappa shape index (κ2) is 5.51. The molecule has 1 saturated carbocycles. The minimum atomic E-state index is 0.333. The highest BCUT2D eigenvalue weighted by Gasteiger charge is 2.26. The first kappa shape index (κ1) is 11.7. The number of furan rings is 1. The predicted octanol–water partition coefficient (Wildman–Crippen LogP) is 2.89. The van der Waals surface area contributed by atoms with Gasteiger partial charge in [0.2, 0.25) is 0 Å². The second-order valence-corrected chi connectivity index (χ2v) is 4.61. The molecule has 0 aromatic carbocycles. The minimum absolute atomic E-state index is 0.333. The van der Waals surface area contributed by atoms with Gasteiger partial charge in [0.05, 0.1) is 18.6 Å². The molecule has 0 bridgehead atoms. The van der Waals surface area contributed by atoms with E-state index in [1.807, 2.05) is 19.4 Å². The summed E-state index contributed by atoms with van der Waals surface area (Å²) in [6.45, 7) is 2.17. The molecule has 0 radical (unpaired) electrons. The number of hydrogen-bond donors (Lipinski definition) is 1. The van der Waals surface area contributed by atoms with Gasteiger partial charge in [-0.1, -0.05) is 12.8 Å². The first-order valence-corrected chi connectivity index (χ1v) is 6.12. The quantitative estimate of drug-likeness (QED) is 0.852. The Kier molecular flexibility index (Phi) is 4.02. The molecule has 1 aliphatic rings. The van der Waals surface area contributed by atoms with Crippen LogP contribution in [-0.2, 0) is 4.74 Å². The van der Waals surface area contributed by atoms with E-state index in [0.29, 0.717) is 18.2 Å². The van der Waals surface area contributed by atoms with Crippen molar-refractivity contribution in [2.75, 3.05) is 7.11 Å². The molecular weight excluding hydrogens is 202 g/mol. The zero-order chi connectivity index (χ0) is 11.4. The summed E-state index contributed by atoms with van der Waals surface area (Å²) in [4.78, 5) is 0. The van der Waals surface area contributed by atoms with Crippen molar-refractivity contribution in [3.63, 3.8) is 0 Å². The van der Waals surface area contributed by atoms with Crippen LogP contribution in [0.5, 0.6) is 0 Å². The molecule has 3 atom stereocenters. The van der Waals surface area contributed by atoms with Gasteiger partial charge in [-0.2, -0.15) is 0 Å². The first-order valence-electron chi connectivity index (χ1n) is 6.12. The zero-order valence-corrected chi connectivity index (χ0v) is 10.1. The third kappa shape index (κ3) is 2.66. The summed E-state index contributed by atoms with van der Waals surface area (Å²) in [6, 6.07) is 2.82. The van der Waals surface area contributed by atoms with Crippen molar-refractivity contribution in [3.05, 3.63) is 24.2 Å². The molecule has 90 valence electrons. The van der Waals surface area contributed by atoms with Gasteiger partial charge < -0.3 is 14.5 Å². The Bertz CT molecular complexity index is 297. The van der Waals surface area contributed by atoms with Gasteiger partial charge in [0.25, 0.3) is 0 Å². The summed E-state index contributed by atoms with van der Waals surface area (Å²) in [5, 5.41) is 3.64. The highest BCUT2D eigenvalue weighted by Crippen LogP contribution is 2.23. The molecule has 1 N–H and O–H groups in total. The highest BCUT2D eigenvalue weighted by molar-refractivity contribution is 5.10. The third-order valence-corrected chi connectivity index (χ3v) is 3.51. The van der Waals surface area contributed by atoms with Crippen LogP contribution in [0.15, 0.2) is 23.0 Å². The van der Waals surface area contributed by atoms with Crippen molar-refractivity contribution in [3.8, 4) is 0 Å². The van der Waals surface area contributed by atoms with E-state index in [-0.39, 0.29) is 0 Å². The number of rotatable bonds is 4. The molecule has 0 aliphatic heterocycles. The summed E-state index contributed by atoms with van der Waals surface area (Å²) >= 11 is 0. The average Bonchev–Trinajstić information content (AvgIpc) is 2.83. The number of methoxy groups -OCH3 is 1. The average molecular weight is 223 g/mol. The van der Waals surface area contributed by atoms with Crippen molar-refractivity contribution < 1.29 is 9.15 Å². The van der Waals surface area contributed by atoms with Crippen molar-refractivity contribution in [1.29, 1.82) is 0 Å². The molecule has 1 aromatic heterocycles. The first-order chi connectivity index (χ1) is 7.81. The summed E-state index contributed by atoms with van der Waals surface area (Å²) in [7, 11) is 1.81. The van der Waals surface area contributed by atoms with E-state index in [1.54, 1.807) is 6.26 Å². The van der Waals surface area contributed by atoms with E-state index in [9.17, 15) is 0 Å². The predicted molar refractivity (Wildman–Crippen MR) is 63.3 cm³/mol. The van der Waals surface area contributed by atoms with Crippen molar-refractivity contribution >= 4 is 0 Å². The zero-order valence-electron chi connectivity index (χ0n) is 10.1. The van der Waals surface area contributed by atoms with Gasteiger partial charge in [0.1, 0.15) is 0 Å². The molecule has 16 heavy (non-hydrogen) atoms. The lowest BCUT2D eigenvalue weighted by molar-refractivity contribution is 0.0383. The van der Waals surface area contributed by atoms with Gasteiger partial charge in [-0.15, -0.1) is 0 Å².